The molecule has 0 saturated heterocycles. The lowest BCUT2D eigenvalue weighted by Gasteiger charge is -2.11. The normalized spacial score (nSPS) is 10.1. The van der Waals surface area contributed by atoms with Crippen molar-refractivity contribution in [3.8, 4) is 5.75 Å². The number of amides is 1. The average molecular weight is 291 g/mol. The van der Waals surface area contributed by atoms with Crippen LogP contribution < -0.4 is 10.1 Å². The van der Waals surface area contributed by atoms with E-state index in [2.05, 4.69) is 5.32 Å². The van der Waals surface area contributed by atoms with Crippen LogP contribution in [0.15, 0.2) is 29.0 Å². The maximum atomic E-state index is 12.1. The fraction of sp³-hybridized carbons (Fsp3) is 0.143. The quantitative estimate of drug-likeness (QED) is 0.908. The third kappa shape index (κ3) is 2.80. The number of nitrogens with one attached hydrogen (secondary N) is 1. The minimum Gasteiger partial charge on any atom is -0.495 e. The molecule has 0 fully saturated rings. The molecule has 0 spiro atoms. The summed E-state index contributed by atoms with van der Waals surface area (Å²) in [5.74, 6) is -0.935. The lowest BCUT2D eigenvalue weighted by molar-refractivity contribution is 0.0696. The lowest BCUT2D eigenvalue weighted by Crippen LogP contribution is -2.13. The van der Waals surface area contributed by atoms with E-state index in [9.17, 15) is 9.59 Å². The van der Waals surface area contributed by atoms with Crippen LogP contribution in [-0.4, -0.2) is 24.1 Å². The number of thiophene rings is 1. The van der Waals surface area contributed by atoms with Gasteiger partial charge in [-0.3, -0.25) is 4.79 Å². The number of hydrogen-bond acceptors (Lipinski definition) is 4. The molecule has 104 valence electrons. The van der Waals surface area contributed by atoms with E-state index < -0.39 is 5.97 Å². The first-order valence-electron chi connectivity index (χ1n) is 5.78. The molecular weight excluding hydrogens is 278 g/mol. The van der Waals surface area contributed by atoms with Gasteiger partial charge in [-0.15, -0.1) is 0 Å². The van der Waals surface area contributed by atoms with Crippen molar-refractivity contribution in [2.24, 2.45) is 0 Å². The second-order valence-electron chi connectivity index (χ2n) is 4.14. The number of carbonyl (C=O) groups is 2. The van der Waals surface area contributed by atoms with Gasteiger partial charge in [0, 0.05) is 5.38 Å². The molecule has 6 heteroatoms. The van der Waals surface area contributed by atoms with Crippen molar-refractivity contribution in [3.05, 3.63) is 45.6 Å². The number of anilines is 1. The van der Waals surface area contributed by atoms with Crippen molar-refractivity contribution in [2.45, 2.75) is 6.92 Å². The second kappa shape index (κ2) is 5.75. The molecule has 0 aliphatic heterocycles. The molecule has 1 aromatic heterocycles. The van der Waals surface area contributed by atoms with E-state index in [4.69, 9.17) is 9.84 Å². The Kier molecular flexibility index (Phi) is 4.05. The molecule has 1 amide bonds. The number of carbonyl (C=O) groups excluding carboxylic acids is 1. The third-order valence-electron chi connectivity index (χ3n) is 2.79. The monoisotopic (exact) mass is 291 g/mol. The van der Waals surface area contributed by atoms with Gasteiger partial charge in [-0.05, 0) is 36.1 Å². The van der Waals surface area contributed by atoms with Crippen LogP contribution in [-0.2, 0) is 0 Å². The van der Waals surface area contributed by atoms with Gasteiger partial charge >= 0.3 is 5.97 Å². The Morgan fingerprint density at radius 3 is 2.60 bits per heavy atom. The summed E-state index contributed by atoms with van der Waals surface area (Å²) in [6.45, 7) is 1.84. The maximum absolute atomic E-state index is 12.1. The Balaban J connectivity index is 2.32. The zero-order valence-corrected chi connectivity index (χ0v) is 11.8. The average Bonchev–Trinajstić information content (AvgIpc) is 2.84. The van der Waals surface area contributed by atoms with Crippen LogP contribution in [0.4, 0.5) is 5.69 Å². The predicted molar refractivity (Wildman–Crippen MR) is 77.0 cm³/mol. The van der Waals surface area contributed by atoms with Crippen LogP contribution in [0.1, 0.15) is 26.3 Å². The summed E-state index contributed by atoms with van der Waals surface area (Å²) in [7, 11) is 1.46. The Labute approximate surface area is 119 Å². The number of rotatable bonds is 4. The van der Waals surface area contributed by atoms with Gasteiger partial charge in [-0.1, -0.05) is 0 Å². The molecule has 0 atom stereocenters. The highest BCUT2D eigenvalue weighted by Gasteiger charge is 2.14. The Bertz CT molecular complexity index is 663. The molecule has 1 aromatic carbocycles. The minimum atomic E-state index is -1.06. The van der Waals surface area contributed by atoms with Crippen molar-refractivity contribution in [2.75, 3.05) is 12.4 Å². The molecule has 0 bridgehead atoms. The van der Waals surface area contributed by atoms with Gasteiger partial charge in [0.15, 0.2) is 0 Å². The zero-order chi connectivity index (χ0) is 14.7. The molecule has 1 heterocycles. The van der Waals surface area contributed by atoms with Crippen LogP contribution in [0, 0.1) is 6.92 Å². The van der Waals surface area contributed by atoms with Crippen LogP contribution >= 0.6 is 11.3 Å². The predicted octanol–water partition coefficient (Wildman–Crippen LogP) is 3.02. The van der Waals surface area contributed by atoms with E-state index in [-0.39, 0.29) is 11.5 Å². The smallest absolute Gasteiger partial charge is 0.335 e. The number of hydrogen-bond donors (Lipinski definition) is 2. The van der Waals surface area contributed by atoms with E-state index >= 15 is 0 Å². The molecule has 0 unspecified atom stereocenters. The van der Waals surface area contributed by atoms with E-state index in [1.807, 2.05) is 12.3 Å². The van der Waals surface area contributed by atoms with Crippen LogP contribution in [0.2, 0.25) is 0 Å². The van der Waals surface area contributed by atoms with Crippen molar-refractivity contribution in [1.82, 2.24) is 0 Å². The van der Waals surface area contributed by atoms with Gasteiger partial charge in [0.25, 0.3) is 5.91 Å². The molecule has 0 aliphatic carbocycles. The number of methoxy groups -OCH3 is 1. The van der Waals surface area contributed by atoms with Crippen molar-refractivity contribution >= 4 is 28.9 Å². The highest BCUT2D eigenvalue weighted by Crippen LogP contribution is 2.26. The first-order valence-corrected chi connectivity index (χ1v) is 6.72. The number of carboxylic acid groups (broad SMARTS) is 1. The van der Waals surface area contributed by atoms with Gasteiger partial charge < -0.3 is 15.2 Å². The van der Waals surface area contributed by atoms with E-state index in [1.54, 1.807) is 5.38 Å². The Morgan fingerprint density at radius 1 is 1.30 bits per heavy atom. The molecule has 0 radical (unpaired) electrons. The number of ether oxygens (including phenoxy) is 1. The highest BCUT2D eigenvalue weighted by atomic mass is 32.1. The summed E-state index contributed by atoms with van der Waals surface area (Å²) < 4.78 is 5.12. The fourth-order valence-electron chi connectivity index (χ4n) is 1.72. The molecule has 2 rings (SSSR count). The first-order chi connectivity index (χ1) is 9.52. The van der Waals surface area contributed by atoms with Crippen molar-refractivity contribution in [3.63, 3.8) is 0 Å². The van der Waals surface area contributed by atoms with Gasteiger partial charge in [-0.2, -0.15) is 11.3 Å². The van der Waals surface area contributed by atoms with E-state index in [0.29, 0.717) is 17.0 Å². The van der Waals surface area contributed by atoms with Crippen molar-refractivity contribution < 1.29 is 19.4 Å². The summed E-state index contributed by atoms with van der Waals surface area (Å²) in [6, 6.07) is 4.31. The summed E-state index contributed by atoms with van der Waals surface area (Å²) in [4.78, 5) is 23.1. The van der Waals surface area contributed by atoms with Gasteiger partial charge in [-0.25, -0.2) is 4.79 Å². The molecule has 0 saturated carbocycles. The summed E-state index contributed by atoms with van der Waals surface area (Å²) in [5, 5.41) is 15.3. The summed E-state index contributed by atoms with van der Waals surface area (Å²) in [5.41, 5.74) is 1.87. The van der Waals surface area contributed by atoms with Gasteiger partial charge in [0.1, 0.15) is 5.75 Å². The maximum Gasteiger partial charge on any atom is 0.335 e. The third-order valence-corrected chi connectivity index (χ3v) is 3.66. The topological polar surface area (TPSA) is 75.6 Å². The number of benzene rings is 1. The summed E-state index contributed by atoms with van der Waals surface area (Å²) >= 11 is 1.44. The fourth-order valence-corrected chi connectivity index (χ4v) is 2.55. The number of carboxylic acids is 1. The number of aryl methyl sites for hydroxylation is 1. The van der Waals surface area contributed by atoms with E-state index in [1.165, 1.54) is 36.6 Å². The molecule has 2 N–H and O–H groups in total. The summed E-state index contributed by atoms with van der Waals surface area (Å²) in [6.07, 6.45) is 0. The zero-order valence-electron chi connectivity index (χ0n) is 11.0. The molecule has 2 aromatic rings. The standard InChI is InChI=1S/C14H13NO4S/c1-8-6-20-7-10(8)13(16)15-11-5-9(14(17)18)3-4-12(11)19-2/h3-7H,1-2H3,(H,15,16)(H,17,18). The van der Waals surface area contributed by atoms with Crippen LogP contribution in [0.25, 0.3) is 0 Å². The molecule has 5 nitrogen and oxygen atoms in total. The van der Waals surface area contributed by atoms with Crippen molar-refractivity contribution in [1.29, 1.82) is 0 Å². The highest BCUT2D eigenvalue weighted by molar-refractivity contribution is 7.08. The lowest BCUT2D eigenvalue weighted by atomic mass is 10.1. The SMILES string of the molecule is COc1ccc(C(=O)O)cc1NC(=O)c1cscc1C. The molecule has 0 aliphatic rings. The van der Waals surface area contributed by atoms with Gasteiger partial charge in [0.05, 0.1) is 23.9 Å². The molecular formula is C14H13NO4S. The number of aromatic carboxylic acids is 1. The largest absolute Gasteiger partial charge is 0.495 e. The van der Waals surface area contributed by atoms with E-state index in [0.717, 1.165) is 5.56 Å². The Morgan fingerprint density at radius 2 is 2.05 bits per heavy atom. The Hall–Kier alpha value is -2.34. The second-order valence-corrected chi connectivity index (χ2v) is 4.89. The molecule has 20 heavy (non-hydrogen) atoms. The minimum absolute atomic E-state index is 0.0862. The van der Waals surface area contributed by atoms with Gasteiger partial charge in [0.2, 0.25) is 0 Å². The van der Waals surface area contributed by atoms with Crippen LogP contribution in [0.5, 0.6) is 5.75 Å². The van der Waals surface area contributed by atoms with Crippen LogP contribution in [0.3, 0.4) is 0 Å². The first kappa shape index (κ1) is 14.1.